The first kappa shape index (κ1) is 13.2. The number of nitrogens with zero attached hydrogens (tertiary/aromatic N) is 1. The van der Waals surface area contributed by atoms with Gasteiger partial charge in [0.15, 0.2) is 6.29 Å². The largest absolute Gasteiger partial charge is 0.487 e. The number of ether oxygens (including phenoxy) is 1. The summed E-state index contributed by atoms with van der Waals surface area (Å²) in [5.74, 6) is 0.202. The highest BCUT2D eigenvalue weighted by molar-refractivity contribution is 5.84. The summed E-state index contributed by atoms with van der Waals surface area (Å²) in [6.07, 6.45) is 2.24. The molecule has 0 radical (unpaired) electrons. The number of benzene rings is 1. The van der Waals surface area contributed by atoms with E-state index in [0.717, 1.165) is 12.8 Å². The molecule has 0 fully saturated rings. The Labute approximate surface area is 99.5 Å². The standard InChI is InChI=1S/C12H15NO4/c1-3-4-7-17-12-9(2)5-6-10(8-14)11(12)13(15)16/h5-6,8H,3-4,7H2,1-2H3. The smallest absolute Gasteiger partial charge is 0.321 e. The molecule has 0 aliphatic heterocycles. The zero-order chi connectivity index (χ0) is 12.8. The fraction of sp³-hybridized carbons (Fsp3) is 0.417. The first-order valence-corrected chi connectivity index (χ1v) is 5.47. The van der Waals surface area contributed by atoms with Crippen molar-refractivity contribution in [3.8, 4) is 5.75 Å². The molecule has 17 heavy (non-hydrogen) atoms. The zero-order valence-electron chi connectivity index (χ0n) is 9.93. The Morgan fingerprint density at radius 3 is 2.71 bits per heavy atom. The molecule has 0 aromatic heterocycles. The fourth-order valence-electron chi connectivity index (χ4n) is 1.47. The van der Waals surface area contributed by atoms with Crippen LogP contribution in [0.1, 0.15) is 35.7 Å². The summed E-state index contributed by atoms with van der Waals surface area (Å²) in [5.41, 5.74) is 0.474. The van der Waals surface area contributed by atoms with Crippen LogP contribution in [0.15, 0.2) is 12.1 Å². The van der Waals surface area contributed by atoms with Crippen LogP contribution in [0, 0.1) is 17.0 Å². The van der Waals surface area contributed by atoms with E-state index in [1.165, 1.54) is 6.07 Å². The second kappa shape index (κ2) is 5.98. The lowest BCUT2D eigenvalue weighted by molar-refractivity contribution is -0.386. The van der Waals surface area contributed by atoms with Gasteiger partial charge in [0.2, 0.25) is 5.75 Å². The third-order valence-corrected chi connectivity index (χ3v) is 2.41. The van der Waals surface area contributed by atoms with E-state index in [0.29, 0.717) is 18.5 Å². The van der Waals surface area contributed by atoms with Crippen molar-refractivity contribution >= 4 is 12.0 Å². The minimum atomic E-state index is -0.571. The van der Waals surface area contributed by atoms with Gasteiger partial charge in [0, 0.05) is 0 Å². The van der Waals surface area contributed by atoms with Gasteiger partial charge < -0.3 is 4.74 Å². The monoisotopic (exact) mass is 237 g/mol. The predicted molar refractivity (Wildman–Crippen MR) is 63.6 cm³/mol. The maximum Gasteiger partial charge on any atom is 0.321 e. The predicted octanol–water partition coefficient (Wildman–Crippen LogP) is 2.89. The minimum Gasteiger partial charge on any atom is -0.487 e. The van der Waals surface area contributed by atoms with Gasteiger partial charge >= 0.3 is 5.69 Å². The summed E-state index contributed by atoms with van der Waals surface area (Å²) < 4.78 is 5.41. The number of unbranched alkanes of at least 4 members (excludes halogenated alkanes) is 1. The summed E-state index contributed by atoms with van der Waals surface area (Å²) in [5, 5.41) is 11.0. The maximum atomic E-state index is 11.0. The van der Waals surface area contributed by atoms with Crippen LogP contribution in [0.2, 0.25) is 0 Å². The van der Waals surface area contributed by atoms with E-state index in [2.05, 4.69) is 0 Å². The van der Waals surface area contributed by atoms with Gasteiger partial charge in [-0.3, -0.25) is 14.9 Å². The quantitative estimate of drug-likeness (QED) is 0.330. The molecule has 0 N–H and O–H groups in total. The molecule has 0 amide bonds. The molecule has 1 aromatic rings. The van der Waals surface area contributed by atoms with E-state index in [-0.39, 0.29) is 17.0 Å². The molecular formula is C12H15NO4. The van der Waals surface area contributed by atoms with Gasteiger partial charge in [-0.15, -0.1) is 0 Å². The topological polar surface area (TPSA) is 69.4 Å². The number of hydrogen-bond donors (Lipinski definition) is 0. The van der Waals surface area contributed by atoms with Crippen LogP contribution in [-0.4, -0.2) is 17.8 Å². The van der Waals surface area contributed by atoms with Crippen molar-refractivity contribution in [1.29, 1.82) is 0 Å². The number of hydrogen-bond acceptors (Lipinski definition) is 4. The Hall–Kier alpha value is -1.91. The number of nitro benzene ring substituents is 1. The zero-order valence-corrected chi connectivity index (χ0v) is 9.93. The van der Waals surface area contributed by atoms with E-state index < -0.39 is 4.92 Å². The molecule has 5 heteroatoms. The Morgan fingerprint density at radius 2 is 2.18 bits per heavy atom. The van der Waals surface area contributed by atoms with E-state index >= 15 is 0 Å². The lowest BCUT2D eigenvalue weighted by Crippen LogP contribution is -2.04. The summed E-state index contributed by atoms with van der Waals surface area (Å²) in [7, 11) is 0. The lowest BCUT2D eigenvalue weighted by atomic mass is 10.1. The fourth-order valence-corrected chi connectivity index (χ4v) is 1.47. The minimum absolute atomic E-state index is 0.0482. The molecule has 92 valence electrons. The number of carbonyl (C=O) groups is 1. The van der Waals surface area contributed by atoms with Gasteiger partial charge in [-0.25, -0.2) is 0 Å². The molecule has 1 aromatic carbocycles. The molecule has 1 rings (SSSR count). The highest BCUT2D eigenvalue weighted by atomic mass is 16.6. The van der Waals surface area contributed by atoms with Crippen molar-refractivity contribution < 1.29 is 14.5 Å². The second-order valence-corrected chi connectivity index (χ2v) is 3.73. The molecule has 0 atom stereocenters. The highest BCUT2D eigenvalue weighted by Crippen LogP contribution is 2.33. The average Bonchev–Trinajstić information content (AvgIpc) is 2.30. The van der Waals surface area contributed by atoms with Crippen LogP contribution in [-0.2, 0) is 0 Å². The van der Waals surface area contributed by atoms with Gasteiger partial charge in [-0.2, -0.15) is 0 Å². The van der Waals surface area contributed by atoms with Crippen LogP contribution in [0.25, 0.3) is 0 Å². The summed E-state index contributed by atoms with van der Waals surface area (Å²) in [6, 6.07) is 3.09. The Morgan fingerprint density at radius 1 is 1.47 bits per heavy atom. The van der Waals surface area contributed by atoms with E-state index in [1.54, 1.807) is 13.0 Å². The van der Waals surface area contributed by atoms with Crippen LogP contribution >= 0.6 is 0 Å². The Balaban J connectivity index is 3.14. The van der Waals surface area contributed by atoms with Gasteiger partial charge in [-0.05, 0) is 25.0 Å². The molecule has 0 aliphatic rings. The third-order valence-electron chi connectivity index (χ3n) is 2.41. The average molecular weight is 237 g/mol. The van der Waals surface area contributed by atoms with Crippen molar-refractivity contribution in [3.63, 3.8) is 0 Å². The normalized spacial score (nSPS) is 10.0. The van der Waals surface area contributed by atoms with Crippen LogP contribution in [0.3, 0.4) is 0 Å². The molecule has 0 unspecified atom stereocenters. The van der Waals surface area contributed by atoms with E-state index in [1.807, 2.05) is 6.92 Å². The summed E-state index contributed by atoms with van der Waals surface area (Å²) >= 11 is 0. The molecule has 0 saturated heterocycles. The number of aldehydes is 1. The van der Waals surface area contributed by atoms with Gasteiger partial charge in [-0.1, -0.05) is 19.4 Å². The van der Waals surface area contributed by atoms with Crippen molar-refractivity contribution in [1.82, 2.24) is 0 Å². The van der Waals surface area contributed by atoms with Crippen LogP contribution < -0.4 is 4.74 Å². The third kappa shape index (κ3) is 3.03. The number of nitro groups is 1. The highest BCUT2D eigenvalue weighted by Gasteiger charge is 2.22. The van der Waals surface area contributed by atoms with Crippen molar-refractivity contribution in [2.24, 2.45) is 0 Å². The summed E-state index contributed by atoms with van der Waals surface area (Å²) in [4.78, 5) is 21.1. The Bertz CT molecular complexity index is 429. The molecule has 0 saturated carbocycles. The van der Waals surface area contributed by atoms with E-state index in [4.69, 9.17) is 4.74 Å². The second-order valence-electron chi connectivity index (χ2n) is 3.73. The number of aryl methyl sites for hydroxylation is 1. The summed E-state index contributed by atoms with van der Waals surface area (Å²) in [6.45, 7) is 4.15. The molecule has 5 nitrogen and oxygen atoms in total. The molecule has 0 spiro atoms. The van der Waals surface area contributed by atoms with Crippen LogP contribution in [0.5, 0.6) is 5.75 Å². The van der Waals surface area contributed by atoms with Gasteiger partial charge in [0.1, 0.15) is 0 Å². The molecule has 0 aliphatic carbocycles. The van der Waals surface area contributed by atoms with Crippen molar-refractivity contribution in [2.75, 3.05) is 6.61 Å². The lowest BCUT2D eigenvalue weighted by Gasteiger charge is -2.09. The molecule has 0 heterocycles. The first-order chi connectivity index (χ1) is 8.11. The maximum absolute atomic E-state index is 11.0. The van der Waals surface area contributed by atoms with Crippen LogP contribution in [0.4, 0.5) is 5.69 Å². The number of carbonyl (C=O) groups excluding carboxylic acids is 1. The molecular weight excluding hydrogens is 222 g/mol. The molecule has 0 bridgehead atoms. The first-order valence-electron chi connectivity index (χ1n) is 5.47. The Kier molecular flexibility index (Phi) is 4.63. The number of rotatable bonds is 6. The van der Waals surface area contributed by atoms with E-state index in [9.17, 15) is 14.9 Å². The van der Waals surface area contributed by atoms with Crippen molar-refractivity contribution in [3.05, 3.63) is 33.4 Å². The van der Waals surface area contributed by atoms with Gasteiger partial charge in [0.25, 0.3) is 0 Å². The SMILES string of the molecule is CCCCOc1c(C)ccc(C=O)c1[N+](=O)[O-]. The van der Waals surface area contributed by atoms with Gasteiger partial charge in [0.05, 0.1) is 17.1 Å². The van der Waals surface area contributed by atoms with Crippen molar-refractivity contribution in [2.45, 2.75) is 26.7 Å².